The molecule has 2 aliphatic rings. The minimum Gasteiger partial charge on any atom is -0.460 e. The van der Waals surface area contributed by atoms with Crippen LogP contribution in [0.1, 0.15) is 91.5 Å². The normalized spacial score (nSPS) is 18.8. The highest BCUT2D eigenvalue weighted by Gasteiger charge is 2.42. The zero-order valence-corrected chi connectivity index (χ0v) is 31.0. The Kier molecular flexibility index (Phi) is 13.8. The van der Waals surface area contributed by atoms with E-state index < -0.39 is 77.7 Å². The Hall–Kier alpha value is -4.50. The van der Waals surface area contributed by atoms with Crippen LogP contribution < -0.4 is 33.0 Å². The number of H-pyrrole nitrogens is 1. The van der Waals surface area contributed by atoms with Crippen LogP contribution in [0.25, 0.3) is 10.9 Å². The number of hydrogen-bond donors (Lipinski definition) is 7. The molecule has 1 aliphatic heterocycles. The molecule has 0 bridgehead atoms. The van der Waals surface area contributed by atoms with Gasteiger partial charge in [0.1, 0.15) is 29.8 Å². The number of nitrogens with zero attached hydrogens (tertiary/aromatic N) is 1. The van der Waals surface area contributed by atoms with Gasteiger partial charge in [-0.1, -0.05) is 44.9 Å². The lowest BCUT2D eigenvalue weighted by molar-refractivity contribution is -0.157. The average molecular weight is 725 g/mol. The summed E-state index contributed by atoms with van der Waals surface area (Å²) in [5, 5.41) is 9.28. The largest absolute Gasteiger partial charge is 0.460 e. The molecule has 15 nitrogen and oxygen atoms in total. The zero-order chi connectivity index (χ0) is 38.2. The lowest BCUT2D eigenvalue weighted by Crippen LogP contribution is -2.60. The molecule has 1 aromatic heterocycles. The summed E-state index contributed by atoms with van der Waals surface area (Å²) in [7, 11) is 0. The molecule has 4 rings (SSSR count). The van der Waals surface area contributed by atoms with Crippen LogP contribution >= 0.6 is 0 Å². The van der Waals surface area contributed by atoms with Crippen molar-refractivity contribution in [2.24, 2.45) is 23.4 Å². The number of likely N-dealkylation sites (tertiary alicyclic amines) is 1. The number of hydrazine groups is 1. The van der Waals surface area contributed by atoms with Crippen molar-refractivity contribution in [3.05, 3.63) is 36.0 Å². The van der Waals surface area contributed by atoms with Gasteiger partial charge in [-0.15, -0.1) is 0 Å². The number of hydrogen-bond acceptors (Lipinski definition) is 9. The first kappa shape index (κ1) is 40.3. The van der Waals surface area contributed by atoms with Crippen molar-refractivity contribution in [3.8, 4) is 0 Å². The van der Waals surface area contributed by atoms with Gasteiger partial charge < -0.3 is 36.3 Å². The molecule has 15 heteroatoms. The first-order valence-corrected chi connectivity index (χ1v) is 18.3. The van der Waals surface area contributed by atoms with Crippen molar-refractivity contribution in [2.45, 2.75) is 128 Å². The van der Waals surface area contributed by atoms with E-state index in [-0.39, 0.29) is 24.8 Å². The Morgan fingerprint density at radius 3 is 2.25 bits per heavy atom. The lowest BCUT2D eigenvalue weighted by atomic mass is 9.95. The molecule has 1 aliphatic carbocycles. The van der Waals surface area contributed by atoms with Crippen molar-refractivity contribution in [1.82, 2.24) is 31.3 Å². The molecular formula is C37H56N8O7. The Bertz CT molecular complexity index is 1600. The van der Waals surface area contributed by atoms with Crippen molar-refractivity contribution in [2.75, 3.05) is 6.54 Å². The van der Waals surface area contributed by atoms with Gasteiger partial charge in [0, 0.05) is 23.6 Å². The van der Waals surface area contributed by atoms with E-state index in [2.05, 4.69) is 26.4 Å². The maximum absolute atomic E-state index is 14.2. The van der Waals surface area contributed by atoms with E-state index >= 15 is 0 Å². The molecule has 0 spiro atoms. The van der Waals surface area contributed by atoms with Gasteiger partial charge >= 0.3 is 5.97 Å². The molecule has 1 aromatic carbocycles. The number of carbonyl (C=O) groups is 6. The summed E-state index contributed by atoms with van der Waals surface area (Å²) in [4.78, 5) is 85.3. The first-order chi connectivity index (χ1) is 24.6. The first-order valence-electron chi connectivity index (χ1n) is 18.3. The number of carbonyl (C=O) groups excluding carboxylic acids is 6. The minimum absolute atomic E-state index is 0.0809. The van der Waals surface area contributed by atoms with Crippen LogP contribution in [0, 0.1) is 11.8 Å². The molecule has 0 radical (unpaired) electrons. The third-order valence-electron chi connectivity index (χ3n) is 9.63. The number of benzene rings is 1. The van der Waals surface area contributed by atoms with Crippen LogP contribution in [-0.4, -0.2) is 87.7 Å². The van der Waals surface area contributed by atoms with Crippen molar-refractivity contribution in [3.63, 3.8) is 0 Å². The van der Waals surface area contributed by atoms with Gasteiger partial charge in [-0.05, 0) is 82.8 Å². The molecule has 52 heavy (non-hydrogen) atoms. The number of aromatic amines is 1. The fourth-order valence-corrected chi connectivity index (χ4v) is 7.16. The molecular weight excluding hydrogens is 668 g/mol. The highest BCUT2D eigenvalue weighted by molar-refractivity contribution is 5.97. The molecule has 286 valence electrons. The third-order valence-corrected chi connectivity index (χ3v) is 9.63. The second-order valence-electron chi connectivity index (χ2n) is 15.4. The number of aromatic nitrogens is 1. The maximum atomic E-state index is 14.2. The standard InChI is InChI=1S/C37H56N8O7/c1-21(2)17-27(33(48)44-39)41-35(50)31(22-11-6-7-12-22)43-34(49)29-15-10-16-45(29)36(51)28(19-30(46)52-37(3,4)5)42-32(47)25(38)18-23-20-40-26-14-9-8-13-24(23)26/h8-9,13-14,20-22,25,27-29,31,40H,6-7,10-12,15-19,38-39H2,1-5H3,(H,41,50)(H,42,47)(H,43,49)(H,44,48)/t25-,27+,28-,29+,31-/m1/s1. The summed E-state index contributed by atoms with van der Waals surface area (Å²) in [6.07, 6.45) is 5.86. The van der Waals surface area contributed by atoms with E-state index in [9.17, 15) is 28.8 Å². The Balaban J connectivity index is 1.51. The van der Waals surface area contributed by atoms with Crippen LogP contribution in [0.4, 0.5) is 0 Å². The number of amides is 5. The molecule has 9 N–H and O–H groups in total. The monoisotopic (exact) mass is 724 g/mol. The van der Waals surface area contributed by atoms with E-state index in [4.69, 9.17) is 16.3 Å². The predicted octanol–water partition coefficient (Wildman–Crippen LogP) is 1.44. The van der Waals surface area contributed by atoms with Crippen LogP contribution in [0.2, 0.25) is 0 Å². The van der Waals surface area contributed by atoms with Crippen molar-refractivity contribution >= 4 is 46.4 Å². The van der Waals surface area contributed by atoms with Crippen LogP contribution in [-0.2, 0) is 39.9 Å². The molecule has 2 fully saturated rings. The second-order valence-corrected chi connectivity index (χ2v) is 15.4. The van der Waals surface area contributed by atoms with E-state index in [0.29, 0.717) is 32.1 Å². The Morgan fingerprint density at radius 1 is 0.923 bits per heavy atom. The van der Waals surface area contributed by atoms with E-state index in [0.717, 1.165) is 29.3 Å². The average Bonchev–Trinajstić information content (AvgIpc) is 3.87. The highest BCUT2D eigenvalue weighted by atomic mass is 16.6. The Labute approximate surface area is 305 Å². The molecule has 5 atom stereocenters. The van der Waals surface area contributed by atoms with Gasteiger partial charge in [-0.2, -0.15) is 0 Å². The number of fused-ring (bicyclic) bond motifs is 1. The number of para-hydroxylation sites is 1. The SMILES string of the molecule is CC(C)C[C@H](NC(=O)[C@H](NC(=O)[C@@H]1CCCN1C(=O)[C@@H](CC(=O)OC(C)(C)C)NC(=O)[C@H](N)Cc1c[nH]c2ccccc12)C1CCCC1)C(=O)NN. The quantitative estimate of drug-likeness (QED) is 0.0609. The zero-order valence-electron chi connectivity index (χ0n) is 31.0. The molecule has 5 amide bonds. The summed E-state index contributed by atoms with van der Waals surface area (Å²) in [6, 6.07) is 2.43. The van der Waals surface area contributed by atoms with Gasteiger partial charge in [0.2, 0.25) is 23.6 Å². The number of esters is 1. The summed E-state index contributed by atoms with van der Waals surface area (Å²) in [5.41, 5.74) is 9.32. The molecule has 2 heterocycles. The fraction of sp³-hybridized carbons (Fsp3) is 0.622. The van der Waals surface area contributed by atoms with Crippen LogP contribution in [0.3, 0.4) is 0 Å². The highest BCUT2D eigenvalue weighted by Crippen LogP contribution is 2.29. The fourth-order valence-electron chi connectivity index (χ4n) is 7.16. The van der Waals surface area contributed by atoms with Gasteiger partial charge in [0.25, 0.3) is 5.91 Å². The number of nitrogens with two attached hydrogens (primary N) is 2. The lowest BCUT2D eigenvalue weighted by Gasteiger charge is -2.32. The third kappa shape index (κ3) is 10.8. The number of nitrogens with one attached hydrogen (secondary N) is 5. The molecule has 0 unspecified atom stereocenters. The predicted molar refractivity (Wildman–Crippen MR) is 195 cm³/mol. The van der Waals surface area contributed by atoms with Crippen LogP contribution in [0.5, 0.6) is 0 Å². The second kappa shape index (κ2) is 17.8. The van der Waals surface area contributed by atoms with E-state index in [1.54, 1.807) is 27.0 Å². The summed E-state index contributed by atoms with van der Waals surface area (Å²) >= 11 is 0. The molecule has 1 saturated carbocycles. The van der Waals surface area contributed by atoms with Crippen molar-refractivity contribution < 1.29 is 33.5 Å². The summed E-state index contributed by atoms with van der Waals surface area (Å²) in [5.74, 6) is 1.78. The topological polar surface area (TPSA) is 231 Å². The van der Waals surface area contributed by atoms with Gasteiger partial charge in [-0.25, -0.2) is 5.84 Å². The number of rotatable bonds is 15. The van der Waals surface area contributed by atoms with Gasteiger partial charge in [-0.3, -0.25) is 34.2 Å². The molecule has 2 aromatic rings. The summed E-state index contributed by atoms with van der Waals surface area (Å²) < 4.78 is 5.49. The van der Waals surface area contributed by atoms with Gasteiger partial charge in [0.05, 0.1) is 12.5 Å². The Morgan fingerprint density at radius 2 is 1.60 bits per heavy atom. The van der Waals surface area contributed by atoms with Gasteiger partial charge in [0.15, 0.2) is 0 Å². The number of ether oxygens (including phenoxy) is 1. The smallest absolute Gasteiger partial charge is 0.308 e. The van der Waals surface area contributed by atoms with E-state index in [1.165, 1.54) is 4.90 Å². The maximum Gasteiger partial charge on any atom is 0.308 e. The summed E-state index contributed by atoms with van der Waals surface area (Å²) in [6.45, 7) is 9.13. The minimum atomic E-state index is -1.36. The van der Waals surface area contributed by atoms with Crippen LogP contribution in [0.15, 0.2) is 30.5 Å². The van der Waals surface area contributed by atoms with E-state index in [1.807, 2.05) is 38.1 Å². The van der Waals surface area contributed by atoms with Crippen molar-refractivity contribution in [1.29, 1.82) is 0 Å². The molecule has 1 saturated heterocycles.